The van der Waals surface area contributed by atoms with Crippen molar-refractivity contribution in [2.45, 2.75) is 12.2 Å². The highest BCUT2D eigenvalue weighted by molar-refractivity contribution is 6.09. The van der Waals surface area contributed by atoms with Crippen molar-refractivity contribution in [3.05, 3.63) is 77.4 Å². The Hall–Kier alpha value is -4.32. The molecule has 0 spiro atoms. The first kappa shape index (κ1) is 20.9. The molecule has 0 fully saturated rings. The van der Waals surface area contributed by atoms with Crippen molar-refractivity contribution in [2.24, 2.45) is 10.7 Å². The predicted octanol–water partition coefficient (Wildman–Crippen LogP) is 2.52. The second-order valence-electron chi connectivity index (χ2n) is 7.24. The number of nitrogens with two attached hydrogens (primary N) is 1. The summed E-state index contributed by atoms with van der Waals surface area (Å²) in [7, 11) is 3.04. The van der Waals surface area contributed by atoms with Gasteiger partial charge in [-0.2, -0.15) is 5.26 Å². The van der Waals surface area contributed by atoms with Gasteiger partial charge in [0.2, 0.25) is 0 Å². The maximum Gasteiger partial charge on any atom is 0.266 e. The molecule has 160 valence electrons. The van der Waals surface area contributed by atoms with Gasteiger partial charge in [-0.25, -0.2) is 9.38 Å². The van der Waals surface area contributed by atoms with Crippen LogP contribution in [0.15, 0.2) is 60.0 Å². The van der Waals surface area contributed by atoms with Crippen LogP contribution in [0.4, 0.5) is 4.39 Å². The number of amides is 1. The molecule has 0 saturated carbocycles. The number of nitrogens with zero attached hydrogens (tertiary/aromatic N) is 5. The largest absolute Gasteiger partial charge is 0.497 e. The molecule has 2 N–H and O–H groups in total. The minimum Gasteiger partial charge on any atom is -0.497 e. The van der Waals surface area contributed by atoms with Gasteiger partial charge in [-0.15, -0.1) is 0 Å². The summed E-state index contributed by atoms with van der Waals surface area (Å²) in [6.07, 6.45) is 4.51. The van der Waals surface area contributed by atoms with Gasteiger partial charge in [-0.3, -0.25) is 19.7 Å². The lowest BCUT2D eigenvalue weighted by Crippen LogP contribution is -2.41. The van der Waals surface area contributed by atoms with E-state index in [2.05, 4.69) is 21.0 Å². The third-order valence-corrected chi connectivity index (χ3v) is 5.37. The minimum absolute atomic E-state index is 0.0334. The number of aliphatic imine (C=N–C) groups is 1. The highest BCUT2D eigenvalue weighted by Gasteiger charge is 2.50. The van der Waals surface area contributed by atoms with E-state index in [1.165, 1.54) is 37.5 Å². The number of benzene rings is 1. The summed E-state index contributed by atoms with van der Waals surface area (Å²) < 4.78 is 18.9. The summed E-state index contributed by atoms with van der Waals surface area (Å²) in [6.45, 7) is -0.789. The van der Waals surface area contributed by atoms with E-state index in [-0.39, 0.29) is 11.7 Å². The number of ether oxygens (including phenoxy) is 1. The normalized spacial score (nSPS) is 17.8. The highest BCUT2D eigenvalue weighted by Crippen LogP contribution is 2.42. The van der Waals surface area contributed by atoms with E-state index >= 15 is 0 Å². The number of rotatable bonds is 5. The van der Waals surface area contributed by atoms with Crippen molar-refractivity contribution in [3.8, 4) is 22.9 Å². The molecular weight excluding hydrogens is 411 g/mol. The molecule has 3 aromatic rings. The molecule has 2 aromatic heterocycles. The zero-order valence-electron chi connectivity index (χ0n) is 17.4. The quantitative estimate of drug-likeness (QED) is 0.665. The van der Waals surface area contributed by atoms with Crippen LogP contribution in [0, 0.1) is 11.3 Å². The van der Waals surface area contributed by atoms with Crippen LogP contribution in [-0.2, 0) is 17.0 Å². The maximum absolute atomic E-state index is 13.5. The number of pyridine rings is 2. The Balaban J connectivity index is 2.00. The zero-order valence-corrected chi connectivity index (χ0v) is 17.4. The van der Waals surface area contributed by atoms with Gasteiger partial charge in [0, 0.05) is 31.2 Å². The van der Waals surface area contributed by atoms with E-state index in [0.29, 0.717) is 33.6 Å². The van der Waals surface area contributed by atoms with Crippen LogP contribution in [0.25, 0.3) is 11.1 Å². The van der Waals surface area contributed by atoms with Crippen molar-refractivity contribution in [1.29, 1.82) is 5.26 Å². The molecule has 0 bridgehead atoms. The fraction of sp³-hybridized carbons (Fsp3) is 0.174. The SMILES string of the molecule is COc1cc(-c2cncc(C#N)c2)cc(C2(c3ccnc(CF)c3)N=C(N)N(C)C2=O)c1. The molecule has 1 aliphatic heterocycles. The standard InChI is InChI=1S/C23H19FN6O2/c1-30-21(31)23(29-22(30)26,17-3-4-28-19(8-17)10-24)18-6-15(7-20(9-18)32-2)16-5-14(11-25)12-27-13-16/h3-9,12-13H,10H2,1-2H3,(H2,26,29). The van der Waals surface area contributed by atoms with Gasteiger partial charge in [0.05, 0.1) is 18.4 Å². The Bertz CT molecular complexity index is 1290. The topological polar surface area (TPSA) is 117 Å². The summed E-state index contributed by atoms with van der Waals surface area (Å²) in [6, 6.07) is 12.1. The lowest BCUT2D eigenvalue weighted by atomic mass is 9.81. The van der Waals surface area contributed by atoms with Crippen molar-refractivity contribution in [3.63, 3.8) is 0 Å². The molecule has 0 radical (unpaired) electrons. The number of carbonyl (C=O) groups is 1. The summed E-state index contributed by atoms with van der Waals surface area (Å²) in [5.41, 5.74) is 7.29. The van der Waals surface area contributed by atoms with Crippen molar-refractivity contribution in [2.75, 3.05) is 14.2 Å². The number of halogens is 1. The van der Waals surface area contributed by atoms with Gasteiger partial charge in [0.15, 0.2) is 11.5 Å². The molecule has 1 amide bonds. The fourth-order valence-corrected chi connectivity index (χ4v) is 3.71. The van der Waals surface area contributed by atoms with Gasteiger partial charge in [0.1, 0.15) is 18.5 Å². The van der Waals surface area contributed by atoms with E-state index in [9.17, 15) is 14.4 Å². The monoisotopic (exact) mass is 430 g/mol. The molecular formula is C23H19FN6O2. The summed E-state index contributed by atoms with van der Waals surface area (Å²) in [5.74, 6) is 0.107. The van der Waals surface area contributed by atoms with Crippen molar-refractivity contribution >= 4 is 11.9 Å². The Labute approximate surface area is 183 Å². The number of methoxy groups -OCH3 is 1. The lowest BCUT2D eigenvalue weighted by Gasteiger charge is -2.27. The van der Waals surface area contributed by atoms with Gasteiger partial charge >= 0.3 is 0 Å². The van der Waals surface area contributed by atoms with E-state index in [0.717, 1.165) is 0 Å². The Morgan fingerprint density at radius 3 is 2.66 bits per heavy atom. The van der Waals surface area contributed by atoms with Crippen LogP contribution in [0.5, 0.6) is 5.75 Å². The van der Waals surface area contributed by atoms with Gasteiger partial charge < -0.3 is 10.5 Å². The summed E-state index contributed by atoms with van der Waals surface area (Å²) in [5, 5.41) is 9.24. The highest BCUT2D eigenvalue weighted by atomic mass is 19.1. The minimum atomic E-state index is -1.55. The Morgan fingerprint density at radius 1 is 1.19 bits per heavy atom. The van der Waals surface area contributed by atoms with Crippen LogP contribution in [0.1, 0.15) is 22.4 Å². The molecule has 3 heterocycles. The van der Waals surface area contributed by atoms with Crippen LogP contribution in [-0.4, -0.2) is 40.9 Å². The second kappa shape index (κ2) is 8.07. The zero-order chi connectivity index (χ0) is 22.9. The molecule has 32 heavy (non-hydrogen) atoms. The van der Waals surface area contributed by atoms with E-state index in [4.69, 9.17) is 10.5 Å². The van der Waals surface area contributed by atoms with E-state index in [1.54, 1.807) is 36.5 Å². The first-order valence-corrected chi connectivity index (χ1v) is 9.63. The molecule has 9 heteroatoms. The average molecular weight is 430 g/mol. The van der Waals surface area contributed by atoms with Gasteiger partial charge in [-0.05, 0) is 53.1 Å². The van der Waals surface area contributed by atoms with E-state index in [1.807, 2.05) is 0 Å². The van der Waals surface area contributed by atoms with Gasteiger partial charge in [0.25, 0.3) is 5.91 Å². The number of carbonyl (C=O) groups excluding carboxylic acids is 1. The third-order valence-electron chi connectivity index (χ3n) is 5.37. The maximum atomic E-state index is 13.5. The van der Waals surface area contributed by atoms with Crippen LogP contribution in [0.2, 0.25) is 0 Å². The number of aromatic nitrogens is 2. The van der Waals surface area contributed by atoms with E-state index < -0.39 is 18.1 Å². The Morgan fingerprint density at radius 2 is 2.00 bits per heavy atom. The lowest BCUT2D eigenvalue weighted by molar-refractivity contribution is -0.129. The second-order valence-corrected chi connectivity index (χ2v) is 7.24. The number of alkyl halides is 1. The molecule has 1 aliphatic rings. The molecule has 0 aliphatic carbocycles. The van der Waals surface area contributed by atoms with Crippen LogP contribution < -0.4 is 10.5 Å². The molecule has 1 atom stereocenters. The summed E-state index contributed by atoms with van der Waals surface area (Å²) >= 11 is 0. The third kappa shape index (κ3) is 3.32. The first-order valence-electron chi connectivity index (χ1n) is 9.63. The Kier molecular flexibility index (Phi) is 5.28. The van der Waals surface area contributed by atoms with Crippen LogP contribution >= 0.6 is 0 Å². The smallest absolute Gasteiger partial charge is 0.266 e. The van der Waals surface area contributed by atoms with Gasteiger partial charge in [-0.1, -0.05) is 0 Å². The number of nitriles is 1. The first-order chi connectivity index (χ1) is 15.4. The summed E-state index contributed by atoms with van der Waals surface area (Å²) in [4.78, 5) is 27.4. The number of guanidine groups is 1. The number of hydrogen-bond donors (Lipinski definition) is 1. The van der Waals surface area contributed by atoms with Crippen molar-refractivity contribution in [1.82, 2.24) is 14.9 Å². The predicted molar refractivity (Wildman–Crippen MR) is 115 cm³/mol. The molecule has 4 rings (SSSR count). The molecule has 1 aromatic carbocycles. The molecule has 8 nitrogen and oxygen atoms in total. The molecule has 1 unspecified atom stereocenters. The average Bonchev–Trinajstić information content (AvgIpc) is 3.08. The van der Waals surface area contributed by atoms with Crippen LogP contribution in [0.3, 0.4) is 0 Å². The number of likely N-dealkylation sites (N-methyl/N-ethyl adjacent to an activating group) is 1. The number of hydrogen-bond acceptors (Lipinski definition) is 7. The molecule has 0 saturated heterocycles. The van der Waals surface area contributed by atoms with Crippen molar-refractivity contribution < 1.29 is 13.9 Å². The fourth-order valence-electron chi connectivity index (χ4n) is 3.71.